The molecule has 0 spiro atoms. The molecule has 15 heteroatoms. The van der Waals surface area contributed by atoms with E-state index in [2.05, 4.69) is 21.3 Å². The summed E-state index contributed by atoms with van der Waals surface area (Å²) in [5, 5.41) is 11.0. The summed E-state index contributed by atoms with van der Waals surface area (Å²) in [6.45, 7) is 19.5. The van der Waals surface area contributed by atoms with Gasteiger partial charge in [0, 0.05) is 32.5 Å². The first-order chi connectivity index (χ1) is 29.3. The van der Waals surface area contributed by atoms with Gasteiger partial charge in [-0.15, -0.1) is 0 Å². The Morgan fingerprint density at radius 3 is 1.24 bits per heavy atom. The fraction of sp³-hybridized carbons (Fsp3) is 0.894. The summed E-state index contributed by atoms with van der Waals surface area (Å²) >= 11 is 0. The first kappa shape index (κ1) is 58.8. The van der Waals surface area contributed by atoms with Gasteiger partial charge < -0.3 is 49.7 Å². The van der Waals surface area contributed by atoms with Crippen molar-refractivity contribution in [1.82, 2.24) is 21.3 Å². The molecule has 0 aromatic rings. The molecule has 0 fully saturated rings. The Bertz CT molecular complexity index is 1180. The van der Waals surface area contributed by atoms with Gasteiger partial charge in [0.15, 0.2) is 0 Å². The van der Waals surface area contributed by atoms with Crippen LogP contribution in [0, 0.1) is 0 Å². The molecule has 0 heterocycles. The first-order valence-electron chi connectivity index (χ1n) is 23.7. The number of nitrogens with one attached hydrogen (secondary N) is 4. The molecule has 4 N–H and O–H groups in total. The Morgan fingerprint density at radius 2 is 0.790 bits per heavy atom. The van der Waals surface area contributed by atoms with E-state index in [-0.39, 0.29) is 49.5 Å². The van der Waals surface area contributed by atoms with Crippen molar-refractivity contribution in [3.8, 4) is 0 Å². The monoisotopic (exact) mass is 887 g/mol. The third kappa shape index (κ3) is 43.5. The standard InChI is InChI=1S/C47H90N4O11/c1-45(2,3)60-41(53)29-25-23-21-19-17-15-13-11-10-12-14-16-18-20-22-24-28-40(52)48-31-33-57-35-37-59-38-36-58-34-32-49-42(54)39(51-44(56)62-47(7,8)9)27-26-30-50-43(55)61-46(4,5)6/h39H,10-38H2,1-9H3,(H,48,52)(H,49,54)(H,50,55)(H,51,56)/t39-/m0/s1. The van der Waals surface area contributed by atoms with Crippen LogP contribution in [0.3, 0.4) is 0 Å². The molecule has 0 aliphatic heterocycles. The van der Waals surface area contributed by atoms with E-state index in [1.54, 1.807) is 41.5 Å². The van der Waals surface area contributed by atoms with Crippen molar-refractivity contribution >= 4 is 30.0 Å². The van der Waals surface area contributed by atoms with Crippen LogP contribution in [0.25, 0.3) is 0 Å². The van der Waals surface area contributed by atoms with E-state index in [1.165, 1.54) is 77.0 Å². The van der Waals surface area contributed by atoms with Crippen LogP contribution in [-0.2, 0) is 42.8 Å². The van der Waals surface area contributed by atoms with Crippen LogP contribution < -0.4 is 21.3 Å². The van der Waals surface area contributed by atoms with E-state index in [9.17, 15) is 24.0 Å². The number of unbranched alkanes of at least 4 members (excludes halogenated alkanes) is 15. The molecule has 1 atom stereocenters. The van der Waals surface area contributed by atoms with Crippen LogP contribution in [0.1, 0.15) is 191 Å². The summed E-state index contributed by atoms with van der Waals surface area (Å²) in [6, 6.07) is -0.859. The summed E-state index contributed by atoms with van der Waals surface area (Å²) < 4.78 is 32.5. The highest BCUT2D eigenvalue weighted by Crippen LogP contribution is 2.16. The lowest BCUT2D eigenvalue weighted by atomic mass is 10.0. The van der Waals surface area contributed by atoms with E-state index in [1.807, 2.05) is 20.8 Å². The molecule has 0 rings (SSSR count). The summed E-state index contributed by atoms with van der Waals surface area (Å²) in [5.74, 6) is -0.393. The quantitative estimate of drug-likeness (QED) is 0.0265. The van der Waals surface area contributed by atoms with Crippen molar-refractivity contribution in [2.24, 2.45) is 0 Å². The van der Waals surface area contributed by atoms with E-state index in [0.717, 1.165) is 25.7 Å². The fourth-order valence-electron chi connectivity index (χ4n) is 6.21. The van der Waals surface area contributed by atoms with E-state index in [0.29, 0.717) is 58.8 Å². The van der Waals surface area contributed by atoms with Crippen molar-refractivity contribution < 1.29 is 52.4 Å². The van der Waals surface area contributed by atoms with Crippen molar-refractivity contribution in [1.29, 1.82) is 0 Å². The number of rotatable bonds is 37. The zero-order chi connectivity index (χ0) is 46.5. The third-order valence-corrected chi connectivity index (χ3v) is 9.16. The summed E-state index contributed by atoms with van der Waals surface area (Å²) in [4.78, 5) is 61.0. The average Bonchev–Trinajstić information content (AvgIpc) is 3.15. The molecule has 0 aliphatic rings. The van der Waals surface area contributed by atoms with Gasteiger partial charge in [0.05, 0.1) is 39.6 Å². The van der Waals surface area contributed by atoms with Crippen molar-refractivity contribution in [3.05, 3.63) is 0 Å². The van der Waals surface area contributed by atoms with Gasteiger partial charge in [-0.1, -0.05) is 89.9 Å². The maximum absolute atomic E-state index is 12.8. The molecule has 15 nitrogen and oxygen atoms in total. The maximum atomic E-state index is 12.8. The summed E-state index contributed by atoms with van der Waals surface area (Å²) in [6.07, 6.45) is 20.0. The fourth-order valence-corrected chi connectivity index (χ4v) is 6.21. The van der Waals surface area contributed by atoms with Crippen molar-refractivity contribution in [2.75, 3.05) is 59.3 Å². The zero-order valence-electron chi connectivity index (χ0n) is 40.6. The molecule has 0 aromatic heterocycles. The molecule has 62 heavy (non-hydrogen) atoms. The van der Waals surface area contributed by atoms with Crippen molar-refractivity contribution in [2.45, 2.75) is 214 Å². The highest BCUT2D eigenvalue weighted by atomic mass is 16.6. The molecular weight excluding hydrogens is 797 g/mol. The number of amides is 4. The smallest absolute Gasteiger partial charge is 0.408 e. The second kappa shape index (κ2) is 36.2. The number of carbonyl (C=O) groups is 5. The second-order valence-electron chi connectivity index (χ2n) is 19.0. The molecule has 0 aliphatic carbocycles. The molecule has 0 unspecified atom stereocenters. The molecule has 0 aromatic carbocycles. The Balaban J connectivity index is 3.69. The number of hydrogen-bond donors (Lipinski definition) is 4. The summed E-state index contributed by atoms with van der Waals surface area (Å²) in [5.41, 5.74) is -1.72. The molecule has 0 saturated carbocycles. The molecule has 0 saturated heterocycles. The van der Waals surface area contributed by atoms with E-state index in [4.69, 9.17) is 28.4 Å². The van der Waals surface area contributed by atoms with E-state index >= 15 is 0 Å². The topological polar surface area (TPSA) is 189 Å². The van der Waals surface area contributed by atoms with Gasteiger partial charge in [-0.3, -0.25) is 14.4 Å². The second-order valence-corrected chi connectivity index (χ2v) is 19.0. The predicted octanol–water partition coefficient (Wildman–Crippen LogP) is 8.83. The van der Waals surface area contributed by atoms with Gasteiger partial charge in [-0.25, -0.2) is 9.59 Å². The van der Waals surface area contributed by atoms with Crippen LogP contribution in [0.15, 0.2) is 0 Å². The molecule has 0 radical (unpaired) electrons. The Hall–Kier alpha value is -3.17. The third-order valence-electron chi connectivity index (χ3n) is 9.16. The minimum absolute atomic E-state index is 0.0683. The van der Waals surface area contributed by atoms with Gasteiger partial charge in [0.1, 0.15) is 22.8 Å². The Labute approximate surface area is 375 Å². The van der Waals surface area contributed by atoms with Gasteiger partial charge >= 0.3 is 18.2 Å². The van der Waals surface area contributed by atoms with E-state index < -0.39 is 29.4 Å². The van der Waals surface area contributed by atoms with Crippen LogP contribution in [0.4, 0.5) is 9.59 Å². The van der Waals surface area contributed by atoms with Crippen molar-refractivity contribution in [3.63, 3.8) is 0 Å². The minimum Gasteiger partial charge on any atom is -0.460 e. The lowest BCUT2D eigenvalue weighted by Gasteiger charge is -2.23. The first-order valence-corrected chi connectivity index (χ1v) is 23.7. The Morgan fingerprint density at radius 1 is 0.403 bits per heavy atom. The predicted molar refractivity (Wildman–Crippen MR) is 244 cm³/mol. The molecule has 0 bridgehead atoms. The highest BCUT2D eigenvalue weighted by molar-refractivity contribution is 5.85. The van der Waals surface area contributed by atoms with Gasteiger partial charge in [-0.2, -0.15) is 0 Å². The van der Waals surface area contributed by atoms with Gasteiger partial charge in [0.2, 0.25) is 11.8 Å². The maximum Gasteiger partial charge on any atom is 0.408 e. The number of esters is 1. The zero-order valence-corrected chi connectivity index (χ0v) is 40.6. The number of ether oxygens (including phenoxy) is 6. The van der Waals surface area contributed by atoms with Crippen LogP contribution >= 0.6 is 0 Å². The van der Waals surface area contributed by atoms with Crippen LogP contribution in [-0.4, -0.2) is 112 Å². The van der Waals surface area contributed by atoms with Gasteiger partial charge in [-0.05, 0) is 88.0 Å². The minimum atomic E-state index is -0.859. The molecular formula is C47H90N4O11. The number of carbonyl (C=O) groups excluding carboxylic acids is 5. The normalized spacial score (nSPS) is 12.3. The largest absolute Gasteiger partial charge is 0.460 e. The average molecular weight is 887 g/mol. The number of hydrogen-bond acceptors (Lipinski definition) is 11. The lowest BCUT2D eigenvalue weighted by Crippen LogP contribution is -2.49. The van der Waals surface area contributed by atoms with Gasteiger partial charge in [0.25, 0.3) is 0 Å². The van der Waals surface area contributed by atoms with Crippen LogP contribution in [0.2, 0.25) is 0 Å². The van der Waals surface area contributed by atoms with Crippen LogP contribution in [0.5, 0.6) is 0 Å². The lowest BCUT2D eigenvalue weighted by molar-refractivity contribution is -0.155. The SMILES string of the molecule is CC(C)(C)OC(=O)CCCCCCCCCCCCCCCCCCC(=O)NCCOCCOCCOCCNC(=O)[C@H](CCCNC(=O)OC(C)(C)C)NC(=O)OC(C)(C)C. The molecule has 4 amide bonds. The summed E-state index contributed by atoms with van der Waals surface area (Å²) in [7, 11) is 0. The Kier molecular flexibility index (Phi) is 34.3. The molecule has 364 valence electrons. The highest BCUT2D eigenvalue weighted by Gasteiger charge is 2.24. The number of alkyl carbamates (subject to hydrolysis) is 2.